The van der Waals surface area contributed by atoms with Gasteiger partial charge >= 0.3 is 0 Å². The van der Waals surface area contributed by atoms with E-state index in [9.17, 15) is 0 Å². The van der Waals surface area contributed by atoms with E-state index in [0.717, 1.165) is 11.1 Å². The van der Waals surface area contributed by atoms with Crippen LogP contribution in [0.1, 0.15) is 0 Å². The Morgan fingerprint density at radius 1 is 0.341 bits per heavy atom. The van der Waals surface area contributed by atoms with Gasteiger partial charge in [0.1, 0.15) is 0 Å². The minimum atomic E-state index is 1.12. The predicted octanol–water partition coefficient (Wildman–Crippen LogP) is 12.5. The number of fused-ring (bicyclic) bond motifs is 6. The summed E-state index contributed by atoms with van der Waals surface area (Å²) in [5.41, 5.74) is 9.61. The quantitative estimate of drug-likeness (QED) is 0.197. The van der Waals surface area contributed by atoms with Crippen molar-refractivity contribution in [2.75, 3.05) is 0 Å². The van der Waals surface area contributed by atoms with Crippen LogP contribution < -0.4 is 0 Å². The van der Waals surface area contributed by atoms with Crippen molar-refractivity contribution in [1.82, 2.24) is 4.98 Å². The van der Waals surface area contributed by atoms with E-state index in [1.807, 2.05) is 35.1 Å². The van der Waals surface area contributed by atoms with Crippen molar-refractivity contribution >= 4 is 63.0 Å². The van der Waals surface area contributed by atoms with Crippen molar-refractivity contribution in [2.45, 2.75) is 0 Å². The maximum atomic E-state index is 4.63. The molecule has 0 fully saturated rings. The van der Waals surface area contributed by atoms with Crippen LogP contribution in [0.3, 0.4) is 0 Å². The molecule has 3 heteroatoms. The van der Waals surface area contributed by atoms with Crippen LogP contribution in [-0.4, -0.2) is 4.98 Å². The number of hydrogen-bond donors (Lipinski definition) is 0. The van der Waals surface area contributed by atoms with Crippen LogP contribution in [0.15, 0.2) is 152 Å². The molecule has 0 aliphatic rings. The van der Waals surface area contributed by atoms with Gasteiger partial charge in [-0.15, -0.1) is 22.7 Å². The molecule has 0 aliphatic carbocycles. The SMILES string of the molecule is c1ccc2c(c1)sc1c(-c3ccc(-c4cncc(-c5ccc(-c6cccc7c6sc6ccccc67)cc5)c4)cc3)cccc12. The molecule has 44 heavy (non-hydrogen) atoms. The molecule has 0 aliphatic heterocycles. The molecule has 3 heterocycles. The highest BCUT2D eigenvalue weighted by Crippen LogP contribution is 2.41. The molecule has 0 amide bonds. The van der Waals surface area contributed by atoms with E-state index in [1.165, 1.54) is 73.7 Å². The Labute approximate surface area is 263 Å². The molecule has 9 aromatic rings. The third kappa shape index (κ3) is 4.16. The minimum Gasteiger partial charge on any atom is -0.263 e. The summed E-state index contributed by atoms with van der Waals surface area (Å²) < 4.78 is 5.36. The Morgan fingerprint density at radius 2 is 0.750 bits per heavy atom. The Bertz CT molecular complexity index is 2310. The molecule has 0 unspecified atom stereocenters. The number of hydrogen-bond acceptors (Lipinski definition) is 3. The highest BCUT2D eigenvalue weighted by molar-refractivity contribution is 7.26. The van der Waals surface area contributed by atoms with E-state index >= 15 is 0 Å². The van der Waals surface area contributed by atoms with Gasteiger partial charge in [-0.05, 0) is 51.6 Å². The average molecular weight is 596 g/mol. The highest BCUT2D eigenvalue weighted by atomic mass is 32.1. The first-order valence-corrected chi connectivity index (χ1v) is 16.4. The van der Waals surface area contributed by atoms with Gasteiger partial charge in [-0.2, -0.15) is 0 Å². The molecular weight excluding hydrogens is 571 g/mol. The Balaban J connectivity index is 1.03. The maximum absolute atomic E-state index is 4.63. The van der Waals surface area contributed by atoms with E-state index in [4.69, 9.17) is 0 Å². The zero-order chi connectivity index (χ0) is 29.0. The van der Waals surface area contributed by atoms with Crippen molar-refractivity contribution in [1.29, 1.82) is 0 Å². The van der Waals surface area contributed by atoms with Gasteiger partial charge in [-0.25, -0.2) is 0 Å². The van der Waals surface area contributed by atoms with E-state index in [0.29, 0.717) is 0 Å². The second kappa shape index (κ2) is 10.3. The van der Waals surface area contributed by atoms with Crippen molar-refractivity contribution in [3.8, 4) is 44.5 Å². The van der Waals surface area contributed by atoms with Gasteiger partial charge in [0.15, 0.2) is 0 Å². The zero-order valence-corrected chi connectivity index (χ0v) is 25.3. The molecule has 0 bridgehead atoms. The molecule has 0 radical (unpaired) electrons. The summed E-state index contributed by atoms with van der Waals surface area (Å²) in [4.78, 5) is 4.63. The first-order valence-electron chi connectivity index (χ1n) is 14.8. The van der Waals surface area contributed by atoms with Crippen LogP contribution in [0, 0.1) is 0 Å². The Hall–Kier alpha value is -5.09. The molecule has 0 spiro atoms. The lowest BCUT2D eigenvalue weighted by Crippen LogP contribution is -1.86. The predicted molar refractivity (Wildman–Crippen MR) is 192 cm³/mol. The van der Waals surface area contributed by atoms with Crippen LogP contribution in [0.4, 0.5) is 0 Å². The second-order valence-corrected chi connectivity index (χ2v) is 13.3. The zero-order valence-electron chi connectivity index (χ0n) is 23.7. The van der Waals surface area contributed by atoms with Crippen LogP contribution in [0.25, 0.3) is 84.9 Å². The van der Waals surface area contributed by atoms with Crippen molar-refractivity contribution in [3.63, 3.8) is 0 Å². The summed E-state index contributed by atoms with van der Waals surface area (Å²) >= 11 is 3.75. The van der Waals surface area contributed by atoms with Crippen LogP contribution in [0.5, 0.6) is 0 Å². The standard InChI is InChI=1S/C41H25NS2/c1-3-13-38-34(7-1)36-11-5-9-32(40(36)43-38)28-19-15-26(16-20-28)30-23-31(25-42-24-30)27-17-21-29(22-18-27)33-10-6-12-37-35-8-2-4-14-39(35)44-41(33)37/h1-25H. The van der Waals surface area contributed by atoms with Crippen molar-refractivity contribution < 1.29 is 0 Å². The molecular formula is C41H25NS2. The number of thiophene rings is 2. The molecule has 6 aromatic carbocycles. The number of nitrogens with zero attached hydrogens (tertiary/aromatic N) is 1. The highest BCUT2D eigenvalue weighted by Gasteiger charge is 2.12. The fourth-order valence-corrected chi connectivity index (χ4v) is 8.87. The molecule has 3 aromatic heterocycles. The second-order valence-electron chi connectivity index (χ2n) is 11.2. The lowest BCUT2D eigenvalue weighted by Gasteiger charge is -2.09. The van der Waals surface area contributed by atoms with Crippen LogP contribution >= 0.6 is 22.7 Å². The maximum Gasteiger partial charge on any atom is 0.0433 e. The van der Waals surface area contributed by atoms with E-state index in [1.54, 1.807) is 0 Å². The van der Waals surface area contributed by atoms with E-state index < -0.39 is 0 Å². The first-order chi connectivity index (χ1) is 21.8. The normalized spacial score (nSPS) is 11.6. The van der Waals surface area contributed by atoms with Gasteiger partial charge in [0.2, 0.25) is 0 Å². The van der Waals surface area contributed by atoms with Gasteiger partial charge in [0.05, 0.1) is 0 Å². The fraction of sp³-hybridized carbons (Fsp3) is 0. The topological polar surface area (TPSA) is 12.9 Å². The van der Waals surface area contributed by atoms with Gasteiger partial charge in [-0.1, -0.05) is 121 Å². The Kier molecular flexibility index (Phi) is 5.93. The van der Waals surface area contributed by atoms with Gasteiger partial charge in [0.25, 0.3) is 0 Å². The molecule has 0 N–H and O–H groups in total. The van der Waals surface area contributed by atoms with Crippen molar-refractivity contribution in [2.24, 2.45) is 0 Å². The van der Waals surface area contributed by atoms with Crippen LogP contribution in [0.2, 0.25) is 0 Å². The molecule has 0 atom stereocenters. The number of aromatic nitrogens is 1. The lowest BCUT2D eigenvalue weighted by molar-refractivity contribution is 1.33. The number of rotatable bonds is 4. The molecule has 0 saturated heterocycles. The van der Waals surface area contributed by atoms with E-state index in [2.05, 4.69) is 145 Å². The van der Waals surface area contributed by atoms with Crippen LogP contribution in [-0.2, 0) is 0 Å². The summed E-state index contributed by atoms with van der Waals surface area (Å²) in [6, 6.07) is 50.7. The third-order valence-corrected chi connectivity index (χ3v) is 11.0. The monoisotopic (exact) mass is 595 g/mol. The van der Waals surface area contributed by atoms with Gasteiger partial charge < -0.3 is 0 Å². The average Bonchev–Trinajstić information content (AvgIpc) is 3.67. The van der Waals surface area contributed by atoms with Crippen molar-refractivity contribution in [3.05, 3.63) is 152 Å². The first kappa shape index (κ1) is 25.4. The number of benzene rings is 6. The smallest absolute Gasteiger partial charge is 0.0433 e. The summed E-state index contributed by atoms with van der Waals surface area (Å²) in [7, 11) is 0. The molecule has 0 saturated carbocycles. The third-order valence-electron chi connectivity index (χ3n) is 8.61. The molecule has 206 valence electrons. The largest absolute Gasteiger partial charge is 0.263 e. The number of pyridine rings is 1. The summed E-state index contributed by atoms with van der Waals surface area (Å²) in [5, 5.41) is 5.32. The fourth-order valence-electron chi connectivity index (χ4n) is 6.39. The Morgan fingerprint density at radius 3 is 1.23 bits per heavy atom. The lowest BCUT2D eigenvalue weighted by atomic mass is 9.97. The molecule has 9 rings (SSSR count). The van der Waals surface area contributed by atoms with Gasteiger partial charge in [0, 0.05) is 63.9 Å². The van der Waals surface area contributed by atoms with E-state index in [-0.39, 0.29) is 0 Å². The molecule has 1 nitrogen and oxygen atoms in total. The minimum absolute atomic E-state index is 1.12. The summed E-state index contributed by atoms with van der Waals surface area (Å²) in [6.07, 6.45) is 3.92. The van der Waals surface area contributed by atoms with Gasteiger partial charge in [-0.3, -0.25) is 4.98 Å². The summed E-state index contributed by atoms with van der Waals surface area (Å²) in [5.74, 6) is 0. The summed E-state index contributed by atoms with van der Waals surface area (Å²) in [6.45, 7) is 0.